The summed E-state index contributed by atoms with van der Waals surface area (Å²) < 4.78 is 5.24. The Morgan fingerprint density at radius 2 is 2.00 bits per heavy atom. The van der Waals surface area contributed by atoms with E-state index < -0.39 is 6.29 Å². The monoisotopic (exact) mass is 172 g/mol. The Bertz CT molecular complexity index is 139. The lowest BCUT2D eigenvalue weighted by molar-refractivity contribution is -0.139. The number of hydrogen-bond donors (Lipinski definition) is 1. The Hall–Kier alpha value is -0.340. The van der Waals surface area contributed by atoms with Gasteiger partial charge < -0.3 is 9.84 Å². The summed E-state index contributed by atoms with van der Waals surface area (Å²) in [4.78, 5) is 0. The van der Waals surface area contributed by atoms with Crippen LogP contribution in [0.15, 0.2) is 12.7 Å². The number of rotatable bonds is 5. The molecule has 0 aliphatic rings. The van der Waals surface area contributed by atoms with Crippen LogP contribution in [0.2, 0.25) is 0 Å². The Morgan fingerprint density at radius 3 is 2.33 bits per heavy atom. The molecule has 0 rings (SSSR count). The molecule has 0 aromatic rings. The molecule has 0 aromatic carbocycles. The van der Waals surface area contributed by atoms with Gasteiger partial charge in [-0.15, -0.1) is 6.58 Å². The number of hydrogen-bond acceptors (Lipinski definition) is 2. The molecule has 1 atom stereocenters. The van der Waals surface area contributed by atoms with Crippen LogP contribution in [-0.2, 0) is 4.74 Å². The lowest BCUT2D eigenvalue weighted by atomic mass is 9.95. The lowest BCUT2D eigenvalue weighted by Crippen LogP contribution is -2.25. The molecule has 2 heteroatoms. The van der Waals surface area contributed by atoms with Gasteiger partial charge in [-0.25, -0.2) is 0 Å². The molecule has 0 bridgehead atoms. The van der Waals surface area contributed by atoms with Gasteiger partial charge in [0.05, 0.1) is 6.61 Å². The zero-order valence-electron chi connectivity index (χ0n) is 8.50. The minimum atomic E-state index is -0.663. The van der Waals surface area contributed by atoms with Crippen LogP contribution in [0, 0.1) is 11.3 Å². The van der Waals surface area contributed by atoms with Crippen molar-refractivity contribution < 1.29 is 9.84 Å². The lowest BCUT2D eigenvalue weighted by Gasteiger charge is -2.23. The van der Waals surface area contributed by atoms with Crippen molar-refractivity contribution in [1.29, 1.82) is 0 Å². The second kappa shape index (κ2) is 4.63. The Balaban J connectivity index is 3.75. The molecule has 0 saturated carbocycles. The van der Waals surface area contributed by atoms with E-state index in [-0.39, 0.29) is 11.3 Å². The van der Waals surface area contributed by atoms with E-state index in [9.17, 15) is 5.11 Å². The van der Waals surface area contributed by atoms with E-state index in [4.69, 9.17) is 4.74 Å². The molecule has 2 nitrogen and oxygen atoms in total. The van der Waals surface area contributed by atoms with Crippen molar-refractivity contribution in [2.45, 2.75) is 34.0 Å². The second-order valence-corrected chi connectivity index (χ2v) is 4.14. The smallest absolute Gasteiger partial charge is 0.156 e. The minimum absolute atomic E-state index is 0.0597. The standard InChI is InChI=1S/C10H20O2/c1-6-10(4,5)7-12-9(11)8(2)3/h6,8-9,11H,1,7H2,2-5H3. The molecule has 0 aromatic heterocycles. The maximum Gasteiger partial charge on any atom is 0.156 e. The highest BCUT2D eigenvalue weighted by Gasteiger charge is 2.17. The van der Waals surface area contributed by atoms with Gasteiger partial charge in [-0.05, 0) is 0 Å². The zero-order chi connectivity index (χ0) is 9.78. The van der Waals surface area contributed by atoms with Crippen LogP contribution in [0.5, 0.6) is 0 Å². The molecule has 0 amide bonds. The van der Waals surface area contributed by atoms with Crippen molar-refractivity contribution in [3.63, 3.8) is 0 Å². The molecule has 1 unspecified atom stereocenters. The quantitative estimate of drug-likeness (QED) is 0.509. The van der Waals surface area contributed by atoms with Gasteiger partial charge in [0.25, 0.3) is 0 Å². The molecule has 1 N–H and O–H groups in total. The van der Waals surface area contributed by atoms with Crippen LogP contribution in [-0.4, -0.2) is 18.0 Å². The third-order valence-electron chi connectivity index (χ3n) is 1.75. The van der Waals surface area contributed by atoms with E-state index in [0.29, 0.717) is 6.61 Å². The topological polar surface area (TPSA) is 29.5 Å². The van der Waals surface area contributed by atoms with Gasteiger partial charge in [-0.2, -0.15) is 0 Å². The van der Waals surface area contributed by atoms with Gasteiger partial charge in [-0.3, -0.25) is 0 Å². The van der Waals surface area contributed by atoms with Crippen LogP contribution < -0.4 is 0 Å². The van der Waals surface area contributed by atoms with Gasteiger partial charge in [0.2, 0.25) is 0 Å². The maximum absolute atomic E-state index is 9.33. The highest BCUT2D eigenvalue weighted by Crippen LogP contribution is 2.17. The maximum atomic E-state index is 9.33. The van der Waals surface area contributed by atoms with Crippen molar-refractivity contribution in [2.24, 2.45) is 11.3 Å². The van der Waals surface area contributed by atoms with Gasteiger partial charge in [-0.1, -0.05) is 33.8 Å². The number of aliphatic hydroxyl groups excluding tert-OH is 1. The van der Waals surface area contributed by atoms with E-state index in [1.54, 1.807) is 0 Å². The molecule has 0 spiro atoms. The van der Waals surface area contributed by atoms with E-state index in [0.717, 1.165) is 0 Å². The first-order valence-electron chi connectivity index (χ1n) is 4.32. The van der Waals surface area contributed by atoms with Crippen LogP contribution in [0.3, 0.4) is 0 Å². The van der Waals surface area contributed by atoms with Crippen molar-refractivity contribution in [1.82, 2.24) is 0 Å². The highest BCUT2D eigenvalue weighted by molar-refractivity contribution is 4.87. The van der Waals surface area contributed by atoms with Crippen molar-refractivity contribution in [3.8, 4) is 0 Å². The summed E-state index contributed by atoms with van der Waals surface area (Å²) in [6.07, 6.45) is 1.17. The number of ether oxygens (including phenoxy) is 1. The van der Waals surface area contributed by atoms with E-state index in [2.05, 4.69) is 6.58 Å². The number of aliphatic hydroxyl groups is 1. The average Bonchev–Trinajstić information content (AvgIpc) is 2.00. The summed E-state index contributed by atoms with van der Waals surface area (Å²) in [6.45, 7) is 12.1. The minimum Gasteiger partial charge on any atom is -0.368 e. The zero-order valence-corrected chi connectivity index (χ0v) is 8.50. The SMILES string of the molecule is C=CC(C)(C)COC(O)C(C)C. The fourth-order valence-corrected chi connectivity index (χ4v) is 0.552. The van der Waals surface area contributed by atoms with Crippen LogP contribution in [0.25, 0.3) is 0 Å². The summed E-state index contributed by atoms with van der Waals surface area (Å²) in [5.74, 6) is 0.144. The predicted octanol–water partition coefficient (Wildman–Crippen LogP) is 2.19. The highest BCUT2D eigenvalue weighted by atomic mass is 16.6. The van der Waals surface area contributed by atoms with Crippen molar-refractivity contribution in [2.75, 3.05) is 6.61 Å². The van der Waals surface area contributed by atoms with Gasteiger partial charge in [0.15, 0.2) is 6.29 Å². The fourth-order valence-electron chi connectivity index (χ4n) is 0.552. The van der Waals surface area contributed by atoms with E-state index in [1.807, 2.05) is 33.8 Å². The Labute approximate surface area is 75.2 Å². The third-order valence-corrected chi connectivity index (χ3v) is 1.75. The molecular formula is C10H20O2. The second-order valence-electron chi connectivity index (χ2n) is 4.14. The molecular weight excluding hydrogens is 152 g/mol. The molecule has 0 heterocycles. The Morgan fingerprint density at radius 1 is 1.50 bits per heavy atom. The van der Waals surface area contributed by atoms with E-state index >= 15 is 0 Å². The van der Waals surface area contributed by atoms with Crippen molar-refractivity contribution in [3.05, 3.63) is 12.7 Å². The normalized spacial score (nSPS) is 14.8. The van der Waals surface area contributed by atoms with Crippen LogP contribution in [0.4, 0.5) is 0 Å². The molecule has 0 aliphatic carbocycles. The first kappa shape index (κ1) is 11.7. The Kier molecular flexibility index (Phi) is 4.50. The fraction of sp³-hybridized carbons (Fsp3) is 0.800. The molecule has 72 valence electrons. The average molecular weight is 172 g/mol. The largest absolute Gasteiger partial charge is 0.368 e. The molecule has 0 fully saturated rings. The predicted molar refractivity (Wildman–Crippen MR) is 50.8 cm³/mol. The van der Waals surface area contributed by atoms with Gasteiger partial charge in [0, 0.05) is 11.3 Å². The van der Waals surface area contributed by atoms with Gasteiger partial charge in [0.1, 0.15) is 0 Å². The molecule has 0 radical (unpaired) electrons. The summed E-state index contributed by atoms with van der Waals surface area (Å²) in [6, 6.07) is 0. The van der Waals surface area contributed by atoms with Crippen LogP contribution in [0.1, 0.15) is 27.7 Å². The summed E-state index contributed by atoms with van der Waals surface area (Å²) in [7, 11) is 0. The van der Waals surface area contributed by atoms with Gasteiger partial charge >= 0.3 is 0 Å². The summed E-state index contributed by atoms with van der Waals surface area (Å²) >= 11 is 0. The third kappa shape index (κ3) is 4.52. The molecule has 0 aliphatic heterocycles. The van der Waals surface area contributed by atoms with E-state index in [1.165, 1.54) is 0 Å². The molecule has 0 saturated heterocycles. The summed E-state index contributed by atoms with van der Waals surface area (Å²) in [5, 5.41) is 9.33. The van der Waals surface area contributed by atoms with Crippen molar-refractivity contribution >= 4 is 0 Å². The summed E-state index contributed by atoms with van der Waals surface area (Å²) in [5.41, 5.74) is -0.0597. The first-order chi connectivity index (χ1) is 5.39. The van der Waals surface area contributed by atoms with Crippen LogP contribution >= 0.6 is 0 Å². The molecule has 12 heavy (non-hydrogen) atoms. The first-order valence-corrected chi connectivity index (χ1v) is 4.32.